The summed E-state index contributed by atoms with van der Waals surface area (Å²) in [6, 6.07) is 25.2. The van der Waals surface area contributed by atoms with E-state index in [0.29, 0.717) is 19.4 Å². The quantitative estimate of drug-likeness (QED) is 0.121. The van der Waals surface area contributed by atoms with Gasteiger partial charge in [0.05, 0.1) is 11.4 Å². The van der Waals surface area contributed by atoms with Crippen LogP contribution in [0.3, 0.4) is 0 Å². The molecule has 204 valence electrons. The fourth-order valence-corrected chi connectivity index (χ4v) is 7.09. The van der Waals surface area contributed by atoms with Gasteiger partial charge in [-0.15, -0.1) is 0 Å². The topological polar surface area (TPSA) is 70.7 Å². The van der Waals surface area contributed by atoms with Crippen LogP contribution in [0.4, 0.5) is 5.69 Å². The number of fused-ring (bicyclic) bond motifs is 5. The van der Waals surface area contributed by atoms with E-state index in [9.17, 15) is 13.0 Å². The number of hydrogen-bond acceptors (Lipinski definition) is 5. The summed E-state index contributed by atoms with van der Waals surface area (Å²) in [5.74, 6) is 1.26. The molecule has 1 aromatic heterocycles. The molecule has 0 amide bonds. The summed E-state index contributed by atoms with van der Waals surface area (Å²) in [4.78, 5) is 2.12. The number of rotatable bonds is 8. The van der Waals surface area contributed by atoms with Gasteiger partial charge in [-0.3, -0.25) is 4.55 Å². The minimum absolute atomic E-state index is 0.247. The molecule has 1 aliphatic heterocycles. The number of anilines is 1. The van der Waals surface area contributed by atoms with E-state index in [1.54, 1.807) is 11.3 Å². The van der Waals surface area contributed by atoms with Crippen molar-refractivity contribution in [1.82, 2.24) is 0 Å². The Morgan fingerprint density at radius 2 is 1.73 bits per heavy atom. The van der Waals surface area contributed by atoms with Gasteiger partial charge in [0.1, 0.15) is 11.7 Å². The van der Waals surface area contributed by atoms with E-state index in [1.165, 1.54) is 21.0 Å². The highest BCUT2D eigenvalue weighted by atomic mass is 32.2. The lowest BCUT2D eigenvalue weighted by Crippen LogP contribution is -2.29. The fourth-order valence-electron chi connectivity index (χ4n) is 5.26. The molecule has 1 N–H and O–H groups in total. The number of thiazole rings is 1. The van der Waals surface area contributed by atoms with Gasteiger partial charge in [0.25, 0.3) is 15.1 Å². The number of aryl methyl sites for hydroxylation is 1. The van der Waals surface area contributed by atoms with Crippen molar-refractivity contribution < 1.29 is 22.3 Å². The molecule has 0 atom stereocenters. The van der Waals surface area contributed by atoms with Crippen LogP contribution in [0.2, 0.25) is 0 Å². The second-order valence-corrected chi connectivity index (χ2v) is 12.7. The molecule has 0 fully saturated rings. The molecule has 0 saturated carbocycles. The maximum Gasteiger partial charge on any atom is 0.264 e. The van der Waals surface area contributed by atoms with Crippen LogP contribution in [0, 0.1) is 0 Å². The lowest BCUT2D eigenvalue weighted by atomic mass is 10.1. The van der Waals surface area contributed by atoms with Crippen LogP contribution < -0.4 is 14.2 Å². The van der Waals surface area contributed by atoms with Crippen LogP contribution in [0.15, 0.2) is 90.3 Å². The number of allylic oxidation sites excluding steroid dienone is 2. The summed E-state index contributed by atoms with van der Waals surface area (Å²) >= 11 is 1.79. The maximum absolute atomic E-state index is 11.3. The highest BCUT2D eigenvalue weighted by Crippen LogP contribution is 2.42. The van der Waals surface area contributed by atoms with Gasteiger partial charge in [0.15, 0.2) is 5.75 Å². The van der Waals surface area contributed by atoms with Crippen LogP contribution in [0.25, 0.3) is 37.8 Å². The summed E-state index contributed by atoms with van der Waals surface area (Å²) in [6.45, 7) is 2.71. The van der Waals surface area contributed by atoms with E-state index < -0.39 is 10.1 Å². The monoisotopic (exact) mass is 571 g/mol. The summed E-state index contributed by atoms with van der Waals surface area (Å²) in [7, 11) is -1.88. The summed E-state index contributed by atoms with van der Waals surface area (Å²) in [5, 5.41) is 5.86. The summed E-state index contributed by atoms with van der Waals surface area (Å²) < 4.78 is 41.6. The molecule has 8 heteroatoms. The lowest BCUT2D eigenvalue weighted by Gasteiger charge is -2.19. The van der Waals surface area contributed by atoms with Crippen molar-refractivity contribution >= 4 is 65.0 Å². The van der Waals surface area contributed by atoms with Crippen molar-refractivity contribution in [3.63, 3.8) is 0 Å². The molecule has 6 rings (SSSR count). The molecular formula is C32H31N2O4S2+. The third-order valence-electron chi connectivity index (χ3n) is 7.42. The smallest absolute Gasteiger partial charge is 0.264 e. The first-order valence-corrected chi connectivity index (χ1v) is 15.9. The van der Waals surface area contributed by atoms with Crippen LogP contribution in [0.5, 0.6) is 5.75 Å². The molecule has 0 radical (unpaired) electrons. The van der Waals surface area contributed by atoms with Gasteiger partial charge in [0, 0.05) is 30.1 Å². The molecule has 0 aliphatic carbocycles. The van der Waals surface area contributed by atoms with Crippen LogP contribution in [-0.2, 0) is 17.2 Å². The first kappa shape index (κ1) is 26.5. The number of unbranched alkanes of at least 4 members (excludes halogenated alkanes) is 1. The Hall–Kier alpha value is -3.72. The number of hydrogen-bond donors (Lipinski definition) is 1. The zero-order valence-corrected chi connectivity index (χ0v) is 24.1. The van der Waals surface area contributed by atoms with E-state index >= 15 is 0 Å². The highest BCUT2D eigenvalue weighted by Gasteiger charge is 2.27. The first-order valence-electron chi connectivity index (χ1n) is 13.5. The molecule has 0 saturated heterocycles. The van der Waals surface area contributed by atoms with E-state index in [2.05, 4.69) is 96.3 Å². The third kappa shape index (κ3) is 5.22. The number of nitrogens with zero attached hydrogens (tertiary/aromatic N) is 2. The average molecular weight is 572 g/mol. The van der Waals surface area contributed by atoms with Gasteiger partial charge in [-0.25, -0.2) is 0 Å². The molecule has 6 nitrogen and oxygen atoms in total. The molecule has 2 heterocycles. The predicted octanol–water partition coefficient (Wildman–Crippen LogP) is 7.23. The Labute approximate surface area is 238 Å². The van der Waals surface area contributed by atoms with E-state index in [0.717, 1.165) is 45.1 Å². The molecule has 0 bridgehead atoms. The van der Waals surface area contributed by atoms with Gasteiger partial charge in [0.2, 0.25) is 11.4 Å². The Morgan fingerprint density at radius 1 is 1.00 bits per heavy atom. The molecule has 0 spiro atoms. The maximum atomic E-state index is 11.3. The Kier molecular flexibility index (Phi) is 7.08. The second-order valence-electron chi connectivity index (χ2n) is 10.1. The number of benzene rings is 4. The Bertz CT molecular complexity index is 1920. The molecule has 40 heavy (non-hydrogen) atoms. The Balaban J connectivity index is 1.37. The van der Waals surface area contributed by atoms with Crippen molar-refractivity contribution in [3.05, 3.63) is 95.3 Å². The van der Waals surface area contributed by atoms with Crippen LogP contribution >= 0.6 is 11.3 Å². The van der Waals surface area contributed by atoms with Gasteiger partial charge in [-0.1, -0.05) is 66.8 Å². The van der Waals surface area contributed by atoms with Gasteiger partial charge >= 0.3 is 0 Å². The van der Waals surface area contributed by atoms with Crippen molar-refractivity contribution in [2.24, 2.45) is 7.05 Å². The van der Waals surface area contributed by atoms with Gasteiger partial charge in [-0.05, 0) is 59.2 Å². The zero-order chi connectivity index (χ0) is 27.9. The first-order chi connectivity index (χ1) is 19.3. The average Bonchev–Trinajstić information content (AvgIpc) is 3.44. The van der Waals surface area contributed by atoms with Crippen molar-refractivity contribution in [3.8, 4) is 5.75 Å². The number of ether oxygens (including phenoxy) is 1. The molecule has 5 aromatic rings. The van der Waals surface area contributed by atoms with E-state index in [-0.39, 0.29) is 5.75 Å². The molecule has 4 aromatic carbocycles. The normalized spacial score (nSPS) is 14.9. The fraction of sp³-hybridized carbons (Fsp3) is 0.219. The molecule has 1 aliphatic rings. The molecule has 0 unspecified atom stereocenters. The van der Waals surface area contributed by atoms with Crippen molar-refractivity contribution in [2.45, 2.75) is 26.2 Å². The predicted molar refractivity (Wildman–Crippen MR) is 164 cm³/mol. The van der Waals surface area contributed by atoms with Crippen molar-refractivity contribution in [2.75, 3.05) is 17.2 Å². The zero-order valence-electron chi connectivity index (χ0n) is 22.5. The summed E-state index contributed by atoms with van der Waals surface area (Å²) in [6.07, 6.45) is 6.10. The van der Waals surface area contributed by atoms with Crippen LogP contribution in [-0.4, -0.2) is 25.3 Å². The standard InChI is InChI=1S/C32H30N2O4S2/c1-3-22(19-31-33(2)27-15-14-23-10-6-7-13-26(23)32(27)39-31)18-30-34(16-8-9-17-40(35,36)37)28-20-24-11-4-5-12-25(24)21-29(28)38-30/h4-7,10-15,18-21H,3,8-9,16-17H2,1-2H3/p+1. The van der Waals surface area contributed by atoms with Crippen LogP contribution in [0.1, 0.15) is 31.2 Å². The molecular weight excluding hydrogens is 540 g/mol. The third-order valence-corrected chi connectivity index (χ3v) is 9.45. The lowest BCUT2D eigenvalue weighted by molar-refractivity contribution is -0.642. The SMILES string of the molecule is CCC(=Cc1sc2c3ccccc3ccc2[n+]1C)C=C1Oc2cc3ccccc3cc2N1CCCCS(=O)(=O)O. The van der Waals surface area contributed by atoms with Gasteiger partial charge < -0.3 is 9.64 Å². The van der Waals surface area contributed by atoms with E-state index in [4.69, 9.17) is 4.74 Å². The van der Waals surface area contributed by atoms with Gasteiger partial charge in [-0.2, -0.15) is 13.0 Å². The van der Waals surface area contributed by atoms with E-state index in [1.807, 2.05) is 12.1 Å². The largest absolute Gasteiger partial charge is 0.439 e. The second kappa shape index (κ2) is 10.7. The highest BCUT2D eigenvalue weighted by molar-refractivity contribution is 7.85. The minimum Gasteiger partial charge on any atom is -0.439 e. The Morgan fingerprint density at radius 3 is 2.48 bits per heavy atom. The minimum atomic E-state index is -3.98. The van der Waals surface area contributed by atoms with Crippen molar-refractivity contribution in [1.29, 1.82) is 0 Å². The number of aromatic nitrogens is 1. The summed E-state index contributed by atoms with van der Waals surface area (Å²) in [5.41, 5.74) is 3.29.